The van der Waals surface area contributed by atoms with Crippen molar-refractivity contribution in [2.24, 2.45) is 29.6 Å². The summed E-state index contributed by atoms with van der Waals surface area (Å²) in [5.41, 5.74) is 0.625. The molecule has 7 atom stereocenters. The van der Waals surface area contributed by atoms with Gasteiger partial charge in [0.2, 0.25) is 0 Å². The Bertz CT molecular complexity index is 510. The largest absolute Gasteiger partial charge is 0.459 e. The number of rotatable bonds is 2. The maximum atomic E-state index is 12.6. The molecule has 0 saturated heterocycles. The van der Waals surface area contributed by atoms with Crippen LogP contribution in [0.1, 0.15) is 74.1 Å². The number of Topliss-reactive ketones (excluding diaryl/α,β-unsaturated/α-hetero) is 1. The molecule has 1 rings (SSSR count). The SMILES string of the molecule is CCC[C@H]1OC(=O)/C(C)=C/[C@H](C)[C@@H](C)[C@@H](C)CCC(=O)[C@H](C)[C@@H](O)[C@H]1C. The van der Waals surface area contributed by atoms with Gasteiger partial charge in [0.25, 0.3) is 0 Å². The molecular formula is C22H38O4. The summed E-state index contributed by atoms with van der Waals surface area (Å²) in [5.74, 6) is 0.0304. The van der Waals surface area contributed by atoms with E-state index in [1.54, 1.807) is 13.8 Å². The zero-order valence-electron chi connectivity index (χ0n) is 17.6. The number of allylic oxidation sites excluding steroid dienone is 1. The van der Waals surface area contributed by atoms with Crippen molar-refractivity contribution in [1.82, 2.24) is 0 Å². The molecule has 0 amide bonds. The molecule has 0 bridgehead atoms. The molecule has 150 valence electrons. The van der Waals surface area contributed by atoms with E-state index < -0.39 is 12.0 Å². The molecule has 0 fully saturated rings. The molecule has 1 heterocycles. The van der Waals surface area contributed by atoms with E-state index in [0.29, 0.717) is 30.3 Å². The molecule has 1 N–H and O–H groups in total. The number of hydrogen-bond donors (Lipinski definition) is 1. The highest BCUT2D eigenvalue weighted by molar-refractivity contribution is 5.88. The third-order valence-electron chi connectivity index (χ3n) is 6.38. The normalized spacial score (nSPS) is 40.3. The van der Waals surface area contributed by atoms with E-state index in [-0.39, 0.29) is 29.7 Å². The number of carbonyl (C=O) groups is 2. The maximum absolute atomic E-state index is 12.6. The number of hydrogen-bond acceptors (Lipinski definition) is 4. The van der Waals surface area contributed by atoms with Crippen molar-refractivity contribution in [3.63, 3.8) is 0 Å². The smallest absolute Gasteiger partial charge is 0.333 e. The highest BCUT2D eigenvalue weighted by Crippen LogP contribution is 2.29. The molecule has 0 unspecified atom stereocenters. The first-order valence-corrected chi connectivity index (χ1v) is 10.2. The first-order chi connectivity index (χ1) is 12.1. The van der Waals surface area contributed by atoms with Crippen LogP contribution in [0.25, 0.3) is 0 Å². The fourth-order valence-corrected chi connectivity index (χ4v) is 3.80. The van der Waals surface area contributed by atoms with Crippen LogP contribution in [0.15, 0.2) is 11.6 Å². The average molecular weight is 367 g/mol. The zero-order chi connectivity index (χ0) is 20.0. The summed E-state index contributed by atoms with van der Waals surface area (Å²) < 4.78 is 5.75. The summed E-state index contributed by atoms with van der Waals surface area (Å²) in [5, 5.41) is 10.7. The molecule has 0 aromatic heterocycles. The Morgan fingerprint density at radius 1 is 1.12 bits per heavy atom. The minimum Gasteiger partial charge on any atom is -0.459 e. The number of ketones is 1. The molecule has 0 aromatic rings. The number of carbonyl (C=O) groups excluding carboxylic acids is 2. The van der Waals surface area contributed by atoms with Gasteiger partial charge in [-0.15, -0.1) is 0 Å². The van der Waals surface area contributed by atoms with Gasteiger partial charge < -0.3 is 9.84 Å². The monoisotopic (exact) mass is 366 g/mol. The van der Waals surface area contributed by atoms with Crippen molar-refractivity contribution >= 4 is 11.8 Å². The third-order valence-corrected chi connectivity index (χ3v) is 6.38. The van der Waals surface area contributed by atoms with E-state index >= 15 is 0 Å². The predicted octanol–water partition coefficient (Wildman–Crippen LogP) is 4.55. The van der Waals surface area contributed by atoms with Gasteiger partial charge in [0, 0.05) is 23.8 Å². The molecule has 0 spiro atoms. The molecule has 0 saturated carbocycles. The van der Waals surface area contributed by atoms with E-state index in [1.165, 1.54) is 0 Å². The van der Waals surface area contributed by atoms with Gasteiger partial charge in [-0.1, -0.05) is 54.0 Å². The van der Waals surface area contributed by atoms with Crippen LogP contribution in [-0.2, 0) is 14.3 Å². The average Bonchev–Trinajstić information content (AvgIpc) is 2.61. The molecule has 0 aliphatic carbocycles. The first-order valence-electron chi connectivity index (χ1n) is 10.2. The van der Waals surface area contributed by atoms with Gasteiger partial charge >= 0.3 is 5.97 Å². The fraction of sp³-hybridized carbons (Fsp3) is 0.818. The Morgan fingerprint density at radius 3 is 2.31 bits per heavy atom. The summed E-state index contributed by atoms with van der Waals surface area (Å²) in [6.07, 6.45) is 3.65. The fourth-order valence-electron chi connectivity index (χ4n) is 3.80. The van der Waals surface area contributed by atoms with Gasteiger partial charge in [-0.3, -0.25) is 4.79 Å². The van der Waals surface area contributed by atoms with Crippen molar-refractivity contribution < 1.29 is 19.4 Å². The molecular weight excluding hydrogens is 328 g/mol. The Morgan fingerprint density at radius 2 is 1.73 bits per heavy atom. The van der Waals surface area contributed by atoms with Crippen LogP contribution in [0.4, 0.5) is 0 Å². The lowest BCUT2D eigenvalue weighted by atomic mass is 9.79. The van der Waals surface area contributed by atoms with E-state index in [1.807, 2.05) is 19.9 Å². The summed E-state index contributed by atoms with van der Waals surface area (Å²) in [4.78, 5) is 25.1. The van der Waals surface area contributed by atoms with Gasteiger partial charge in [-0.25, -0.2) is 4.79 Å². The van der Waals surface area contributed by atoms with Crippen molar-refractivity contribution in [3.05, 3.63) is 11.6 Å². The van der Waals surface area contributed by atoms with Crippen molar-refractivity contribution in [2.45, 2.75) is 86.4 Å². The Balaban J connectivity index is 3.17. The van der Waals surface area contributed by atoms with Crippen LogP contribution in [0.5, 0.6) is 0 Å². The zero-order valence-corrected chi connectivity index (χ0v) is 17.6. The second-order valence-electron chi connectivity index (χ2n) is 8.42. The molecule has 0 radical (unpaired) electrons. The van der Waals surface area contributed by atoms with Crippen LogP contribution < -0.4 is 0 Å². The standard InChI is InChI=1S/C22H38O4/c1-8-9-20-18(7)21(24)17(6)19(23)11-10-13(2)16(5)14(3)12-15(4)22(25)26-20/h12-14,16-18,20-21,24H,8-11H2,1-7H3/b15-12+/t13-,14-,16-,17-,18-,20+,21+/m0/s1. The predicted molar refractivity (Wildman–Crippen MR) is 105 cm³/mol. The Labute approximate surface area is 159 Å². The quantitative estimate of drug-likeness (QED) is 0.728. The minimum atomic E-state index is -0.800. The van der Waals surface area contributed by atoms with Gasteiger partial charge in [-0.2, -0.15) is 0 Å². The van der Waals surface area contributed by atoms with Crippen LogP contribution in [0, 0.1) is 29.6 Å². The summed E-state index contributed by atoms with van der Waals surface area (Å²) in [7, 11) is 0. The number of aliphatic hydroxyl groups is 1. The molecule has 4 nitrogen and oxygen atoms in total. The van der Waals surface area contributed by atoms with Crippen molar-refractivity contribution in [3.8, 4) is 0 Å². The first kappa shape index (κ1) is 22.9. The summed E-state index contributed by atoms with van der Waals surface area (Å²) in [6.45, 7) is 13.9. The highest BCUT2D eigenvalue weighted by Gasteiger charge is 2.34. The Kier molecular flexibility index (Phi) is 9.02. The second-order valence-corrected chi connectivity index (χ2v) is 8.42. The molecule has 4 heteroatoms. The van der Waals surface area contributed by atoms with Gasteiger partial charge in [0.05, 0.1) is 6.10 Å². The van der Waals surface area contributed by atoms with Gasteiger partial charge in [-0.05, 0) is 37.5 Å². The number of ether oxygens (including phenoxy) is 1. The molecule has 26 heavy (non-hydrogen) atoms. The topological polar surface area (TPSA) is 63.6 Å². The summed E-state index contributed by atoms with van der Waals surface area (Å²) in [6, 6.07) is 0. The van der Waals surface area contributed by atoms with Crippen molar-refractivity contribution in [2.75, 3.05) is 0 Å². The van der Waals surface area contributed by atoms with E-state index in [2.05, 4.69) is 20.8 Å². The number of aliphatic hydroxyl groups excluding tert-OH is 1. The van der Waals surface area contributed by atoms with Crippen LogP contribution >= 0.6 is 0 Å². The van der Waals surface area contributed by atoms with Crippen LogP contribution in [0.2, 0.25) is 0 Å². The van der Waals surface area contributed by atoms with Gasteiger partial charge in [0.1, 0.15) is 11.9 Å². The lowest BCUT2D eigenvalue weighted by Gasteiger charge is -2.32. The minimum absolute atomic E-state index is 0.0985. The van der Waals surface area contributed by atoms with E-state index in [9.17, 15) is 14.7 Å². The lowest BCUT2D eigenvalue weighted by molar-refractivity contribution is -0.151. The highest BCUT2D eigenvalue weighted by atomic mass is 16.5. The summed E-state index contributed by atoms with van der Waals surface area (Å²) >= 11 is 0. The van der Waals surface area contributed by atoms with Gasteiger partial charge in [0.15, 0.2) is 0 Å². The molecule has 1 aliphatic heterocycles. The second kappa shape index (κ2) is 10.2. The lowest BCUT2D eigenvalue weighted by Crippen LogP contribution is -2.39. The van der Waals surface area contributed by atoms with E-state index in [0.717, 1.165) is 12.8 Å². The number of cyclic esters (lactones) is 1. The molecule has 1 aliphatic rings. The maximum Gasteiger partial charge on any atom is 0.333 e. The number of esters is 1. The van der Waals surface area contributed by atoms with E-state index in [4.69, 9.17) is 4.74 Å². The molecule has 0 aromatic carbocycles. The van der Waals surface area contributed by atoms with Crippen LogP contribution in [-0.4, -0.2) is 29.1 Å². The Hall–Kier alpha value is -1.16. The van der Waals surface area contributed by atoms with Crippen LogP contribution in [0.3, 0.4) is 0 Å². The van der Waals surface area contributed by atoms with Crippen molar-refractivity contribution in [1.29, 1.82) is 0 Å². The third kappa shape index (κ3) is 5.94.